The first-order valence-corrected chi connectivity index (χ1v) is 12.9. The molecule has 1 saturated heterocycles. The Balaban J connectivity index is 1.47. The third kappa shape index (κ3) is 6.37. The average Bonchev–Trinajstić information content (AvgIpc) is 3.57. The first kappa shape index (κ1) is 26.4. The number of halogens is 2. The maximum Gasteiger partial charge on any atom is 0.263 e. The second kappa shape index (κ2) is 11.6. The van der Waals surface area contributed by atoms with E-state index in [1.807, 2.05) is 6.92 Å². The van der Waals surface area contributed by atoms with Crippen molar-refractivity contribution in [1.82, 2.24) is 30.5 Å². The van der Waals surface area contributed by atoms with E-state index < -0.39 is 35.5 Å². The predicted octanol–water partition coefficient (Wildman–Crippen LogP) is 3.58. The van der Waals surface area contributed by atoms with Crippen molar-refractivity contribution in [2.45, 2.75) is 57.7 Å². The summed E-state index contributed by atoms with van der Waals surface area (Å²) in [6.45, 7) is 4.25. The predicted molar refractivity (Wildman–Crippen MR) is 134 cm³/mol. The number of nitrogens with zero attached hydrogens (tertiary/aromatic N) is 3. The van der Waals surface area contributed by atoms with Gasteiger partial charge >= 0.3 is 0 Å². The Morgan fingerprint density at radius 2 is 2.03 bits per heavy atom. The van der Waals surface area contributed by atoms with Crippen LogP contribution in [0.25, 0.3) is 11.3 Å². The van der Waals surface area contributed by atoms with E-state index in [1.165, 1.54) is 24.0 Å². The molecule has 3 heterocycles. The summed E-state index contributed by atoms with van der Waals surface area (Å²) in [5.41, 5.74) is 1.96. The minimum absolute atomic E-state index is 0.0643. The number of benzene rings is 1. The summed E-state index contributed by atoms with van der Waals surface area (Å²) in [5, 5.41) is 5.43. The number of hydrogen-bond donors (Lipinski definition) is 3. The van der Waals surface area contributed by atoms with Crippen molar-refractivity contribution in [3.05, 3.63) is 58.4 Å². The molecule has 3 amide bonds. The number of imidazole rings is 1. The van der Waals surface area contributed by atoms with Crippen LogP contribution in [0.1, 0.15) is 61.1 Å². The largest absolute Gasteiger partial charge is 0.345 e. The minimum atomic E-state index is -1.12. The molecule has 1 aliphatic rings. The zero-order chi connectivity index (χ0) is 26.5. The molecule has 4 rings (SSSR count). The third-order valence-corrected chi connectivity index (χ3v) is 7.14. The number of hydrogen-bond acceptors (Lipinski definition) is 6. The number of nitrogens with one attached hydrogen (secondary N) is 3. The molecule has 9 nitrogen and oxygen atoms in total. The van der Waals surface area contributed by atoms with Crippen molar-refractivity contribution < 1.29 is 23.2 Å². The fraction of sp³-hybridized carbons (Fsp3) is 0.400. The highest BCUT2D eigenvalue weighted by Gasteiger charge is 2.31. The minimum Gasteiger partial charge on any atom is -0.345 e. The van der Waals surface area contributed by atoms with Gasteiger partial charge < -0.3 is 20.5 Å². The number of likely N-dealkylation sites (tertiary alicyclic amines) is 1. The molecule has 3 atom stereocenters. The van der Waals surface area contributed by atoms with Gasteiger partial charge in [0.15, 0.2) is 0 Å². The molecule has 0 saturated carbocycles. The van der Waals surface area contributed by atoms with Crippen molar-refractivity contribution in [3.63, 3.8) is 0 Å². The van der Waals surface area contributed by atoms with Gasteiger partial charge in [0.1, 0.15) is 28.4 Å². The number of thiazole rings is 1. The summed E-state index contributed by atoms with van der Waals surface area (Å²) in [6.07, 6.45) is 5.41. The molecule has 2 aromatic heterocycles. The lowest BCUT2D eigenvalue weighted by atomic mass is 10.0. The van der Waals surface area contributed by atoms with Crippen LogP contribution in [-0.4, -0.2) is 56.2 Å². The van der Waals surface area contributed by atoms with E-state index in [1.54, 1.807) is 11.8 Å². The molecule has 12 heteroatoms. The molecule has 1 fully saturated rings. The van der Waals surface area contributed by atoms with Gasteiger partial charge in [0.2, 0.25) is 11.8 Å². The molecule has 2 unspecified atom stereocenters. The van der Waals surface area contributed by atoms with Gasteiger partial charge in [-0.1, -0.05) is 0 Å². The van der Waals surface area contributed by atoms with Crippen molar-refractivity contribution in [2.75, 3.05) is 6.54 Å². The topological polar surface area (TPSA) is 120 Å². The highest BCUT2D eigenvalue weighted by Crippen LogP contribution is 2.23. The van der Waals surface area contributed by atoms with Crippen LogP contribution in [0.4, 0.5) is 8.78 Å². The molecule has 0 spiro atoms. The summed E-state index contributed by atoms with van der Waals surface area (Å²) in [6, 6.07) is 1.50. The van der Waals surface area contributed by atoms with E-state index >= 15 is 0 Å². The smallest absolute Gasteiger partial charge is 0.263 e. The monoisotopic (exact) mass is 530 g/mol. The van der Waals surface area contributed by atoms with Crippen LogP contribution >= 0.6 is 11.3 Å². The van der Waals surface area contributed by atoms with E-state index in [-0.39, 0.29) is 23.9 Å². The number of H-pyrrole nitrogens is 1. The first-order chi connectivity index (χ1) is 17.7. The molecular formula is C25H28F2N6O3S. The molecular weight excluding hydrogens is 502 g/mol. The van der Waals surface area contributed by atoms with Gasteiger partial charge in [-0.2, -0.15) is 0 Å². The molecule has 37 heavy (non-hydrogen) atoms. The molecule has 3 aromatic rings. The van der Waals surface area contributed by atoms with Crippen molar-refractivity contribution in [3.8, 4) is 11.3 Å². The number of carbonyl (C=O) groups excluding carboxylic acids is 3. The Labute approximate surface area is 216 Å². The fourth-order valence-corrected chi connectivity index (χ4v) is 4.83. The van der Waals surface area contributed by atoms with E-state index in [2.05, 4.69) is 25.6 Å². The highest BCUT2D eigenvalue weighted by atomic mass is 32.1. The number of piperidine rings is 1. The molecule has 0 aliphatic carbocycles. The molecule has 3 N–H and O–H groups in total. The van der Waals surface area contributed by atoms with E-state index in [4.69, 9.17) is 0 Å². The van der Waals surface area contributed by atoms with Gasteiger partial charge in [-0.15, -0.1) is 11.3 Å². The number of rotatable bonds is 8. The SMILES string of the molecule is CC1CCCCN1C(=O)CC(NC(=O)c1cncs1)C(=O)N[C@@H](C)c1ncc(-c2ccc(F)cc2F)[nH]1. The summed E-state index contributed by atoms with van der Waals surface area (Å²) in [7, 11) is 0. The van der Waals surface area contributed by atoms with Crippen molar-refractivity contribution in [1.29, 1.82) is 0 Å². The number of amides is 3. The summed E-state index contributed by atoms with van der Waals surface area (Å²) < 4.78 is 27.4. The number of carbonyl (C=O) groups is 3. The standard InChI is InChI=1S/C25H28F2N6O3S/c1-14-5-3-4-8-33(14)22(34)10-19(32-25(36)21-12-28-13-37-21)24(35)30-15(2)23-29-11-20(31-23)17-7-6-16(26)9-18(17)27/h6-7,9,11-15,19H,3-5,8,10H2,1-2H3,(H,29,31)(H,30,35)(H,32,36)/t14?,15-,19?/m0/s1. The lowest BCUT2D eigenvalue weighted by Crippen LogP contribution is -2.51. The van der Waals surface area contributed by atoms with Gasteiger partial charge in [-0.25, -0.2) is 13.8 Å². The van der Waals surface area contributed by atoms with Crippen molar-refractivity contribution >= 4 is 29.1 Å². The average molecular weight is 531 g/mol. The second-order valence-electron chi connectivity index (χ2n) is 9.06. The Bertz CT molecular complexity index is 1270. The van der Waals surface area contributed by atoms with Crippen LogP contribution in [0.2, 0.25) is 0 Å². The maximum absolute atomic E-state index is 14.2. The zero-order valence-electron chi connectivity index (χ0n) is 20.5. The molecule has 0 bridgehead atoms. The van der Waals surface area contributed by atoms with Crippen molar-refractivity contribution in [2.24, 2.45) is 0 Å². The quantitative estimate of drug-likeness (QED) is 0.411. The Morgan fingerprint density at radius 1 is 1.22 bits per heavy atom. The van der Waals surface area contributed by atoms with Crippen LogP contribution in [0.15, 0.2) is 36.1 Å². The lowest BCUT2D eigenvalue weighted by molar-refractivity contribution is -0.137. The highest BCUT2D eigenvalue weighted by molar-refractivity contribution is 7.11. The van der Waals surface area contributed by atoms with E-state index in [0.29, 0.717) is 22.9 Å². The van der Waals surface area contributed by atoms with E-state index in [0.717, 1.165) is 42.7 Å². The molecule has 0 radical (unpaired) electrons. The van der Waals surface area contributed by atoms with Crippen LogP contribution in [0.3, 0.4) is 0 Å². The first-order valence-electron chi connectivity index (χ1n) is 12.0. The van der Waals surface area contributed by atoms with Gasteiger partial charge in [-0.05, 0) is 45.2 Å². The fourth-order valence-electron chi connectivity index (χ4n) is 4.31. The van der Waals surface area contributed by atoms with Crippen LogP contribution in [-0.2, 0) is 9.59 Å². The third-order valence-electron chi connectivity index (χ3n) is 6.37. The molecule has 1 aliphatic heterocycles. The molecule has 1 aromatic carbocycles. The van der Waals surface area contributed by atoms with Gasteiger partial charge in [-0.3, -0.25) is 19.4 Å². The van der Waals surface area contributed by atoms with Gasteiger partial charge in [0, 0.05) is 24.2 Å². The normalized spacial score (nSPS) is 17.2. The summed E-state index contributed by atoms with van der Waals surface area (Å²) in [4.78, 5) is 52.1. The number of aromatic nitrogens is 3. The van der Waals surface area contributed by atoms with E-state index in [9.17, 15) is 23.2 Å². The van der Waals surface area contributed by atoms with Crippen LogP contribution in [0.5, 0.6) is 0 Å². The summed E-state index contributed by atoms with van der Waals surface area (Å²) in [5.74, 6) is -2.38. The zero-order valence-corrected chi connectivity index (χ0v) is 21.3. The summed E-state index contributed by atoms with van der Waals surface area (Å²) >= 11 is 1.13. The Hall–Kier alpha value is -3.67. The Morgan fingerprint density at radius 3 is 2.73 bits per heavy atom. The Kier molecular flexibility index (Phi) is 8.27. The number of aromatic amines is 1. The maximum atomic E-state index is 14.2. The lowest BCUT2D eigenvalue weighted by Gasteiger charge is -2.34. The second-order valence-corrected chi connectivity index (χ2v) is 9.95. The van der Waals surface area contributed by atoms with Crippen LogP contribution in [0, 0.1) is 11.6 Å². The van der Waals surface area contributed by atoms with Crippen LogP contribution < -0.4 is 10.6 Å². The molecule has 196 valence electrons. The van der Waals surface area contributed by atoms with Gasteiger partial charge in [0.05, 0.1) is 36.1 Å². The van der Waals surface area contributed by atoms with Gasteiger partial charge in [0.25, 0.3) is 5.91 Å².